The molecule has 0 saturated carbocycles. The van der Waals surface area contributed by atoms with Gasteiger partial charge in [0.25, 0.3) is 0 Å². The third-order valence-electron chi connectivity index (χ3n) is 6.76. The van der Waals surface area contributed by atoms with E-state index in [1.165, 1.54) is 5.56 Å². The fourth-order valence-corrected chi connectivity index (χ4v) is 5.35. The lowest BCUT2D eigenvalue weighted by Gasteiger charge is -2.50. The van der Waals surface area contributed by atoms with Crippen LogP contribution in [-0.4, -0.2) is 48.3 Å². The maximum atomic E-state index is 12.1. The van der Waals surface area contributed by atoms with Crippen LogP contribution < -0.4 is 5.32 Å². The van der Waals surface area contributed by atoms with Crippen molar-refractivity contribution in [1.82, 2.24) is 10.2 Å². The number of rotatable bonds is 3. The number of carbonyl (C=O) groups excluding carboxylic acids is 1. The summed E-state index contributed by atoms with van der Waals surface area (Å²) in [4.78, 5) is 14.6. The molecule has 0 amide bonds. The molecule has 2 aromatic rings. The second kappa shape index (κ2) is 6.59. The minimum absolute atomic E-state index is 0.0212. The summed E-state index contributed by atoms with van der Waals surface area (Å²) in [5.41, 5.74) is 3.00. The van der Waals surface area contributed by atoms with Gasteiger partial charge in [0.1, 0.15) is 6.61 Å². The highest BCUT2D eigenvalue weighted by molar-refractivity contribution is 6.08. The molecule has 5 rings (SSSR count). The highest BCUT2D eigenvalue weighted by atomic mass is 16.5. The average Bonchev–Trinajstić information content (AvgIpc) is 2.72. The van der Waals surface area contributed by atoms with Crippen molar-refractivity contribution in [2.24, 2.45) is 5.41 Å². The SMILES string of the molecule is O=C1OCc2ccc(CN3CC[C@H]4NCCC[C@]4(CO)C3)c3cccc1c23. The van der Waals surface area contributed by atoms with Crippen LogP contribution in [0.3, 0.4) is 0 Å². The van der Waals surface area contributed by atoms with Crippen LogP contribution in [0.4, 0.5) is 0 Å². The number of benzene rings is 2. The number of esters is 1. The number of nitrogens with zero attached hydrogens (tertiary/aromatic N) is 1. The van der Waals surface area contributed by atoms with Crippen LogP contribution in [0.5, 0.6) is 0 Å². The van der Waals surface area contributed by atoms with Gasteiger partial charge in [0.2, 0.25) is 0 Å². The molecular formula is C22H26N2O3. The number of aliphatic hydroxyl groups excluding tert-OH is 1. The van der Waals surface area contributed by atoms with E-state index in [0.29, 0.717) is 18.2 Å². The van der Waals surface area contributed by atoms with Crippen molar-refractivity contribution in [1.29, 1.82) is 0 Å². The number of nitrogens with one attached hydrogen (secondary N) is 1. The first-order valence-electron chi connectivity index (χ1n) is 9.97. The molecule has 5 heteroatoms. The van der Waals surface area contributed by atoms with Crippen LogP contribution in [0.15, 0.2) is 30.3 Å². The molecule has 0 spiro atoms. The Kier molecular flexibility index (Phi) is 4.19. The third-order valence-corrected chi connectivity index (χ3v) is 6.76. The monoisotopic (exact) mass is 366 g/mol. The Morgan fingerprint density at radius 2 is 2.22 bits per heavy atom. The van der Waals surface area contributed by atoms with Crippen LogP contribution in [0.2, 0.25) is 0 Å². The van der Waals surface area contributed by atoms with Gasteiger partial charge in [-0.1, -0.05) is 24.3 Å². The number of likely N-dealkylation sites (tertiary alicyclic amines) is 1. The van der Waals surface area contributed by atoms with Gasteiger partial charge in [0.15, 0.2) is 0 Å². The zero-order valence-electron chi connectivity index (χ0n) is 15.5. The second-order valence-corrected chi connectivity index (χ2v) is 8.32. The largest absolute Gasteiger partial charge is 0.457 e. The van der Waals surface area contributed by atoms with Gasteiger partial charge in [0, 0.05) is 36.5 Å². The summed E-state index contributed by atoms with van der Waals surface area (Å²) in [5.74, 6) is -0.224. The van der Waals surface area contributed by atoms with Crippen molar-refractivity contribution in [2.45, 2.75) is 38.5 Å². The van der Waals surface area contributed by atoms with Gasteiger partial charge in [-0.05, 0) is 48.4 Å². The van der Waals surface area contributed by atoms with Gasteiger partial charge >= 0.3 is 5.97 Å². The third kappa shape index (κ3) is 2.76. The van der Waals surface area contributed by atoms with E-state index in [1.54, 1.807) is 0 Å². The average molecular weight is 366 g/mol. The second-order valence-electron chi connectivity index (χ2n) is 8.32. The number of hydrogen-bond acceptors (Lipinski definition) is 5. The van der Waals surface area contributed by atoms with Crippen molar-refractivity contribution >= 4 is 16.7 Å². The first-order valence-corrected chi connectivity index (χ1v) is 9.97. The lowest BCUT2D eigenvalue weighted by Crippen LogP contribution is -2.61. The smallest absolute Gasteiger partial charge is 0.339 e. The number of fused-ring (bicyclic) bond motifs is 1. The molecule has 2 N–H and O–H groups in total. The quantitative estimate of drug-likeness (QED) is 0.817. The maximum absolute atomic E-state index is 12.1. The number of ether oxygens (including phenoxy) is 1. The minimum atomic E-state index is -0.224. The first kappa shape index (κ1) is 17.2. The summed E-state index contributed by atoms with van der Waals surface area (Å²) in [6.07, 6.45) is 3.30. The van der Waals surface area contributed by atoms with Gasteiger partial charge in [-0.2, -0.15) is 0 Å². The number of piperidine rings is 2. The molecule has 3 aliphatic heterocycles. The van der Waals surface area contributed by atoms with Crippen LogP contribution >= 0.6 is 0 Å². The predicted molar refractivity (Wildman–Crippen MR) is 104 cm³/mol. The van der Waals surface area contributed by atoms with Crippen molar-refractivity contribution in [3.05, 3.63) is 47.0 Å². The Morgan fingerprint density at radius 3 is 3.11 bits per heavy atom. The molecule has 0 radical (unpaired) electrons. The van der Waals surface area contributed by atoms with E-state index >= 15 is 0 Å². The maximum Gasteiger partial charge on any atom is 0.339 e. The lowest BCUT2D eigenvalue weighted by atomic mass is 9.70. The highest BCUT2D eigenvalue weighted by Gasteiger charge is 2.44. The number of cyclic esters (lactones) is 1. The zero-order chi connectivity index (χ0) is 18.4. The standard InChI is InChI=1S/C22H26N2O3/c25-14-22-8-2-9-23-19(22)7-10-24(13-22)11-15-5-6-16-12-27-21(26)18-4-1-3-17(15)20(16)18/h1,3-6,19,23,25H,2,7-14H2/t19-,22-/m1/s1. The molecule has 3 heterocycles. The number of aliphatic hydroxyl groups is 1. The summed E-state index contributed by atoms with van der Waals surface area (Å²) in [6, 6.07) is 10.6. The highest BCUT2D eigenvalue weighted by Crippen LogP contribution is 2.38. The van der Waals surface area contributed by atoms with Crippen molar-refractivity contribution in [2.75, 3.05) is 26.2 Å². The van der Waals surface area contributed by atoms with Crippen LogP contribution in [0.1, 0.15) is 40.7 Å². The van der Waals surface area contributed by atoms with E-state index in [4.69, 9.17) is 4.74 Å². The summed E-state index contributed by atoms with van der Waals surface area (Å²) in [6.45, 7) is 4.48. The summed E-state index contributed by atoms with van der Waals surface area (Å²) >= 11 is 0. The Balaban J connectivity index is 1.47. The van der Waals surface area contributed by atoms with Crippen molar-refractivity contribution in [3.63, 3.8) is 0 Å². The van der Waals surface area contributed by atoms with E-state index in [0.717, 1.165) is 61.8 Å². The van der Waals surface area contributed by atoms with Crippen LogP contribution in [0, 0.1) is 5.41 Å². The Labute approximate surface area is 159 Å². The Hall–Kier alpha value is -1.95. The predicted octanol–water partition coefficient (Wildman–Crippen LogP) is 2.45. The number of hydrogen-bond donors (Lipinski definition) is 2. The molecule has 3 aliphatic rings. The lowest BCUT2D eigenvalue weighted by molar-refractivity contribution is -0.0221. The van der Waals surface area contributed by atoms with E-state index in [-0.39, 0.29) is 18.0 Å². The summed E-state index contributed by atoms with van der Waals surface area (Å²) < 4.78 is 5.29. The minimum Gasteiger partial charge on any atom is -0.457 e. The van der Waals surface area contributed by atoms with E-state index in [9.17, 15) is 9.90 Å². The number of carbonyl (C=O) groups is 1. The molecule has 2 saturated heterocycles. The normalized spacial score (nSPS) is 28.0. The van der Waals surface area contributed by atoms with Gasteiger partial charge in [-0.3, -0.25) is 4.90 Å². The fraction of sp³-hybridized carbons (Fsp3) is 0.500. The molecule has 0 aliphatic carbocycles. The van der Waals surface area contributed by atoms with Gasteiger partial charge < -0.3 is 15.2 Å². The van der Waals surface area contributed by atoms with Crippen LogP contribution in [-0.2, 0) is 17.9 Å². The van der Waals surface area contributed by atoms with E-state index < -0.39 is 0 Å². The Bertz CT molecular complexity index is 897. The first-order chi connectivity index (χ1) is 13.2. The molecular weight excluding hydrogens is 340 g/mol. The Morgan fingerprint density at radius 1 is 1.30 bits per heavy atom. The molecule has 142 valence electrons. The van der Waals surface area contributed by atoms with Crippen molar-refractivity contribution < 1.29 is 14.6 Å². The zero-order valence-corrected chi connectivity index (χ0v) is 15.5. The topological polar surface area (TPSA) is 61.8 Å². The summed E-state index contributed by atoms with van der Waals surface area (Å²) in [7, 11) is 0. The van der Waals surface area contributed by atoms with E-state index in [1.807, 2.05) is 12.1 Å². The molecule has 0 unspecified atom stereocenters. The van der Waals surface area contributed by atoms with Gasteiger partial charge in [-0.15, -0.1) is 0 Å². The summed E-state index contributed by atoms with van der Waals surface area (Å²) in [5, 5.41) is 16.0. The molecule has 2 atom stereocenters. The molecule has 5 nitrogen and oxygen atoms in total. The molecule has 2 aromatic carbocycles. The van der Waals surface area contributed by atoms with Crippen LogP contribution in [0.25, 0.3) is 10.8 Å². The van der Waals surface area contributed by atoms with Crippen molar-refractivity contribution in [3.8, 4) is 0 Å². The van der Waals surface area contributed by atoms with Gasteiger partial charge in [-0.25, -0.2) is 4.79 Å². The van der Waals surface area contributed by atoms with Gasteiger partial charge in [0.05, 0.1) is 12.2 Å². The van der Waals surface area contributed by atoms with E-state index in [2.05, 4.69) is 28.4 Å². The molecule has 0 aromatic heterocycles. The molecule has 27 heavy (non-hydrogen) atoms. The molecule has 2 fully saturated rings. The fourth-order valence-electron chi connectivity index (χ4n) is 5.35. The molecule has 0 bridgehead atoms.